The highest BCUT2D eigenvalue weighted by molar-refractivity contribution is 9.11. The molecule has 1 nitrogen and oxygen atoms in total. The highest BCUT2D eigenvalue weighted by Gasteiger charge is 2.13. The Kier molecular flexibility index (Phi) is 7.36. The Bertz CT molecular complexity index is 412. The second-order valence-corrected chi connectivity index (χ2v) is 7.02. The first-order valence-electron chi connectivity index (χ1n) is 7.57. The van der Waals surface area contributed by atoms with Crippen LogP contribution in [0.15, 0.2) is 35.0 Å². The molecule has 0 unspecified atom stereocenters. The number of ether oxygens (including phenoxy) is 1. The smallest absolute Gasteiger partial charge is 0.165 e. The van der Waals surface area contributed by atoms with Gasteiger partial charge in [0.15, 0.2) is 4.67 Å². The topological polar surface area (TPSA) is 9.23 Å². The molecule has 0 aliphatic carbocycles. The van der Waals surface area contributed by atoms with Crippen molar-refractivity contribution in [2.45, 2.75) is 65.2 Å². The van der Waals surface area contributed by atoms with Gasteiger partial charge in [-0.1, -0.05) is 59.1 Å². The first-order valence-corrected chi connectivity index (χ1v) is 8.37. The fourth-order valence-electron chi connectivity index (χ4n) is 1.96. The van der Waals surface area contributed by atoms with Crippen LogP contribution >= 0.6 is 15.9 Å². The second-order valence-electron chi connectivity index (χ2n) is 6.23. The predicted octanol–water partition coefficient (Wildman–Crippen LogP) is 6.57. The van der Waals surface area contributed by atoms with Crippen LogP contribution in [-0.2, 0) is 5.41 Å². The summed E-state index contributed by atoms with van der Waals surface area (Å²) in [5.74, 6) is 0.884. The molecule has 0 radical (unpaired) electrons. The maximum atomic E-state index is 5.77. The summed E-state index contributed by atoms with van der Waals surface area (Å²) < 4.78 is 6.58. The minimum absolute atomic E-state index is 0.185. The molecule has 1 rings (SSSR count). The molecule has 1 aromatic rings. The lowest BCUT2D eigenvalue weighted by Gasteiger charge is -2.19. The van der Waals surface area contributed by atoms with Crippen molar-refractivity contribution in [1.29, 1.82) is 0 Å². The first-order chi connectivity index (χ1) is 9.43. The quantitative estimate of drug-likeness (QED) is 0.403. The van der Waals surface area contributed by atoms with Crippen LogP contribution in [0.4, 0.5) is 0 Å². The summed E-state index contributed by atoms with van der Waals surface area (Å²) in [4.78, 5) is 0. The minimum Gasteiger partial charge on any atom is -0.450 e. The zero-order valence-corrected chi connectivity index (χ0v) is 14.8. The third-order valence-electron chi connectivity index (χ3n) is 3.30. The summed E-state index contributed by atoms with van der Waals surface area (Å²) in [6, 6.07) is 8.34. The lowest BCUT2D eigenvalue weighted by atomic mass is 9.87. The van der Waals surface area contributed by atoms with E-state index in [0.717, 1.165) is 16.8 Å². The number of rotatable bonds is 7. The first kappa shape index (κ1) is 17.3. The van der Waals surface area contributed by atoms with Gasteiger partial charge in [0.2, 0.25) is 0 Å². The van der Waals surface area contributed by atoms with Gasteiger partial charge in [-0.2, -0.15) is 0 Å². The van der Waals surface area contributed by atoms with Crippen molar-refractivity contribution < 1.29 is 4.74 Å². The van der Waals surface area contributed by atoms with Crippen molar-refractivity contribution in [3.05, 3.63) is 40.6 Å². The Morgan fingerprint density at radius 1 is 1.10 bits per heavy atom. The molecule has 0 fully saturated rings. The highest BCUT2D eigenvalue weighted by atomic mass is 79.9. The zero-order valence-electron chi connectivity index (χ0n) is 13.2. The molecular weight excluding hydrogens is 312 g/mol. The van der Waals surface area contributed by atoms with Crippen LogP contribution in [0.25, 0.3) is 0 Å². The van der Waals surface area contributed by atoms with Crippen LogP contribution in [0.1, 0.15) is 65.4 Å². The molecule has 0 bridgehead atoms. The monoisotopic (exact) mass is 338 g/mol. The third-order valence-corrected chi connectivity index (χ3v) is 3.78. The van der Waals surface area contributed by atoms with Crippen molar-refractivity contribution in [2.75, 3.05) is 0 Å². The molecule has 0 heterocycles. The summed E-state index contributed by atoms with van der Waals surface area (Å²) in [5.41, 5.74) is 1.51. The number of hydrogen-bond donors (Lipinski definition) is 0. The molecule has 112 valence electrons. The molecule has 0 aliphatic rings. The summed E-state index contributed by atoms with van der Waals surface area (Å²) in [5, 5.41) is 0. The molecule has 0 aromatic heterocycles. The van der Waals surface area contributed by atoms with Crippen LogP contribution in [0.3, 0.4) is 0 Å². The number of halogens is 1. The van der Waals surface area contributed by atoms with Crippen LogP contribution in [0, 0.1) is 0 Å². The minimum atomic E-state index is 0.185. The van der Waals surface area contributed by atoms with Crippen LogP contribution in [0.5, 0.6) is 5.75 Å². The van der Waals surface area contributed by atoms with Crippen LogP contribution in [0.2, 0.25) is 0 Å². The van der Waals surface area contributed by atoms with Gasteiger partial charge in [0.25, 0.3) is 0 Å². The normalized spacial score (nSPS) is 12.6. The SMILES string of the molecule is CCCCCC/C=C(\Br)Oc1ccc(C(C)(C)C)cc1. The zero-order chi connectivity index (χ0) is 15.0. The van der Waals surface area contributed by atoms with Gasteiger partial charge in [-0.05, 0) is 58.0 Å². The average molecular weight is 339 g/mol. The van der Waals surface area contributed by atoms with E-state index in [2.05, 4.69) is 61.8 Å². The van der Waals surface area contributed by atoms with E-state index >= 15 is 0 Å². The third kappa shape index (κ3) is 6.60. The Hall–Kier alpha value is -0.760. The van der Waals surface area contributed by atoms with Gasteiger partial charge in [0.05, 0.1) is 0 Å². The second kappa shape index (κ2) is 8.51. The molecule has 0 amide bonds. The summed E-state index contributed by atoms with van der Waals surface area (Å²) in [6.45, 7) is 8.88. The fourth-order valence-corrected chi connectivity index (χ4v) is 2.38. The van der Waals surface area contributed by atoms with E-state index in [-0.39, 0.29) is 5.41 Å². The largest absolute Gasteiger partial charge is 0.450 e. The Labute approximate surface area is 132 Å². The van der Waals surface area contributed by atoms with Crippen molar-refractivity contribution in [2.24, 2.45) is 0 Å². The lowest BCUT2D eigenvalue weighted by Crippen LogP contribution is -2.10. The van der Waals surface area contributed by atoms with Crippen molar-refractivity contribution >= 4 is 15.9 Å². The highest BCUT2D eigenvalue weighted by Crippen LogP contribution is 2.25. The number of hydrogen-bond acceptors (Lipinski definition) is 1. The Morgan fingerprint density at radius 2 is 1.75 bits per heavy atom. The molecule has 20 heavy (non-hydrogen) atoms. The van der Waals surface area contributed by atoms with Gasteiger partial charge in [-0.15, -0.1) is 0 Å². The maximum absolute atomic E-state index is 5.77. The fraction of sp³-hybridized carbons (Fsp3) is 0.556. The molecular formula is C18H27BrO. The number of unbranched alkanes of at least 4 members (excludes halogenated alkanes) is 4. The molecule has 0 spiro atoms. The predicted molar refractivity (Wildman–Crippen MR) is 91.5 cm³/mol. The van der Waals surface area contributed by atoms with Gasteiger partial charge in [-0.3, -0.25) is 0 Å². The molecule has 0 N–H and O–H groups in total. The van der Waals surface area contributed by atoms with E-state index in [9.17, 15) is 0 Å². The molecule has 0 saturated heterocycles. The van der Waals surface area contributed by atoms with Crippen LogP contribution < -0.4 is 4.74 Å². The van der Waals surface area contributed by atoms with Gasteiger partial charge in [0.1, 0.15) is 5.75 Å². The molecule has 0 aliphatic heterocycles. The van der Waals surface area contributed by atoms with Gasteiger partial charge < -0.3 is 4.74 Å². The Morgan fingerprint density at radius 3 is 2.30 bits per heavy atom. The van der Waals surface area contributed by atoms with E-state index in [1.807, 2.05) is 12.1 Å². The summed E-state index contributed by atoms with van der Waals surface area (Å²) in [7, 11) is 0. The van der Waals surface area contributed by atoms with Crippen molar-refractivity contribution in [3.8, 4) is 5.75 Å². The van der Waals surface area contributed by atoms with E-state index < -0.39 is 0 Å². The maximum Gasteiger partial charge on any atom is 0.165 e. The van der Waals surface area contributed by atoms with Gasteiger partial charge in [-0.25, -0.2) is 0 Å². The van der Waals surface area contributed by atoms with E-state index in [1.54, 1.807) is 0 Å². The van der Waals surface area contributed by atoms with Crippen LogP contribution in [-0.4, -0.2) is 0 Å². The number of allylic oxidation sites excluding steroid dienone is 1. The molecule has 0 atom stereocenters. The molecule has 0 saturated carbocycles. The average Bonchev–Trinajstić information content (AvgIpc) is 2.38. The standard InChI is InChI=1S/C18H27BrO/c1-5-6-7-8-9-10-17(19)20-16-13-11-15(12-14-16)18(2,3)4/h10-14H,5-9H2,1-4H3/b17-10+. The van der Waals surface area contributed by atoms with Crippen molar-refractivity contribution in [3.63, 3.8) is 0 Å². The molecule has 1 aromatic carbocycles. The summed E-state index contributed by atoms with van der Waals surface area (Å²) in [6.07, 6.45) is 8.32. The van der Waals surface area contributed by atoms with E-state index in [4.69, 9.17) is 4.74 Å². The molecule has 2 heteroatoms. The number of benzene rings is 1. The van der Waals surface area contributed by atoms with E-state index in [0.29, 0.717) is 0 Å². The van der Waals surface area contributed by atoms with E-state index in [1.165, 1.54) is 31.2 Å². The van der Waals surface area contributed by atoms with Gasteiger partial charge >= 0.3 is 0 Å². The summed E-state index contributed by atoms with van der Waals surface area (Å²) >= 11 is 3.48. The lowest BCUT2D eigenvalue weighted by molar-refractivity contribution is 0.465. The van der Waals surface area contributed by atoms with Gasteiger partial charge in [0, 0.05) is 0 Å². The Balaban J connectivity index is 2.45. The van der Waals surface area contributed by atoms with Crippen molar-refractivity contribution in [1.82, 2.24) is 0 Å².